The van der Waals surface area contributed by atoms with Crippen LogP contribution in [0.4, 0.5) is 0 Å². The summed E-state index contributed by atoms with van der Waals surface area (Å²) < 4.78 is 5.52. The number of hydrogen-bond donors (Lipinski definition) is 1. The molecule has 1 aromatic rings. The van der Waals surface area contributed by atoms with Gasteiger partial charge in [-0.3, -0.25) is 0 Å². The minimum atomic E-state index is 0.392. The topological polar surface area (TPSA) is 21.3 Å². The smallest absolute Gasteiger partial charge is 0.0591 e. The summed E-state index contributed by atoms with van der Waals surface area (Å²) >= 11 is 0. The minimum Gasteiger partial charge on any atom is -0.380 e. The summed E-state index contributed by atoms with van der Waals surface area (Å²) in [4.78, 5) is 0. The fraction of sp³-hybridized carbons (Fsp3) is 0.571. The van der Waals surface area contributed by atoms with Gasteiger partial charge in [-0.1, -0.05) is 44.2 Å². The molecule has 1 N–H and O–H groups in total. The Morgan fingerprint density at radius 3 is 2.44 bits per heavy atom. The molecule has 0 bridgehead atoms. The molecule has 0 saturated carbocycles. The maximum atomic E-state index is 5.52. The van der Waals surface area contributed by atoms with Crippen molar-refractivity contribution in [3.8, 4) is 0 Å². The number of rotatable bonds is 7. The van der Waals surface area contributed by atoms with Crippen LogP contribution in [0.5, 0.6) is 0 Å². The largest absolute Gasteiger partial charge is 0.380 e. The molecule has 1 rings (SSSR count). The van der Waals surface area contributed by atoms with Crippen LogP contribution >= 0.6 is 0 Å². The van der Waals surface area contributed by atoms with E-state index in [4.69, 9.17) is 4.74 Å². The Morgan fingerprint density at radius 2 is 1.81 bits per heavy atom. The van der Waals surface area contributed by atoms with Crippen LogP contribution in [-0.2, 0) is 4.74 Å². The first kappa shape index (κ1) is 13.2. The Balaban J connectivity index is 2.14. The van der Waals surface area contributed by atoms with Crippen molar-refractivity contribution in [2.45, 2.75) is 26.8 Å². The summed E-state index contributed by atoms with van der Waals surface area (Å²) in [6.45, 7) is 9.05. The first-order valence-electron chi connectivity index (χ1n) is 6.06. The molecule has 0 spiro atoms. The first-order chi connectivity index (χ1) is 7.70. The van der Waals surface area contributed by atoms with Crippen molar-refractivity contribution in [1.82, 2.24) is 5.32 Å². The Bertz CT molecular complexity index is 271. The predicted octanol–water partition coefficient (Wildman–Crippen LogP) is 3.01. The van der Waals surface area contributed by atoms with Crippen molar-refractivity contribution in [1.29, 1.82) is 0 Å². The minimum absolute atomic E-state index is 0.392. The third-order valence-corrected chi connectivity index (χ3v) is 2.45. The van der Waals surface area contributed by atoms with E-state index in [-0.39, 0.29) is 0 Å². The Morgan fingerprint density at radius 1 is 1.12 bits per heavy atom. The van der Waals surface area contributed by atoms with Gasteiger partial charge in [-0.05, 0) is 18.4 Å². The van der Waals surface area contributed by atoms with Crippen LogP contribution in [-0.4, -0.2) is 19.8 Å². The molecule has 1 aromatic carbocycles. The van der Waals surface area contributed by atoms with Crippen LogP contribution in [0, 0.1) is 5.92 Å². The van der Waals surface area contributed by atoms with Crippen LogP contribution < -0.4 is 5.32 Å². The molecule has 90 valence electrons. The molecular weight excluding hydrogens is 198 g/mol. The molecule has 2 heteroatoms. The molecule has 0 heterocycles. The van der Waals surface area contributed by atoms with E-state index < -0.39 is 0 Å². The van der Waals surface area contributed by atoms with Gasteiger partial charge in [-0.15, -0.1) is 0 Å². The van der Waals surface area contributed by atoms with Crippen LogP contribution in [0.25, 0.3) is 0 Å². The molecule has 0 aliphatic heterocycles. The molecular formula is C14H23NO. The fourth-order valence-electron chi connectivity index (χ4n) is 1.53. The van der Waals surface area contributed by atoms with Crippen molar-refractivity contribution in [3.05, 3.63) is 35.9 Å². The Hall–Kier alpha value is -0.860. The molecule has 0 radical (unpaired) electrons. The highest BCUT2D eigenvalue weighted by molar-refractivity contribution is 5.17. The van der Waals surface area contributed by atoms with Gasteiger partial charge in [0.2, 0.25) is 0 Å². The quantitative estimate of drug-likeness (QED) is 0.715. The maximum Gasteiger partial charge on any atom is 0.0591 e. The highest BCUT2D eigenvalue weighted by Gasteiger charge is 2.02. The second-order valence-corrected chi connectivity index (χ2v) is 4.56. The van der Waals surface area contributed by atoms with Gasteiger partial charge in [0, 0.05) is 19.2 Å². The fourth-order valence-corrected chi connectivity index (χ4v) is 1.53. The average Bonchev–Trinajstić information content (AvgIpc) is 2.29. The molecule has 16 heavy (non-hydrogen) atoms. The highest BCUT2D eigenvalue weighted by Crippen LogP contribution is 2.10. The van der Waals surface area contributed by atoms with Gasteiger partial charge in [0.1, 0.15) is 0 Å². The van der Waals surface area contributed by atoms with Gasteiger partial charge in [0.05, 0.1) is 6.61 Å². The van der Waals surface area contributed by atoms with Crippen LogP contribution in [0.1, 0.15) is 32.4 Å². The van der Waals surface area contributed by atoms with Crippen LogP contribution in [0.15, 0.2) is 30.3 Å². The SMILES string of the molecule is CC(C)COCCN[C@H](C)c1ccccc1. The van der Waals surface area contributed by atoms with Gasteiger partial charge in [0.15, 0.2) is 0 Å². The van der Waals surface area contributed by atoms with Gasteiger partial charge < -0.3 is 10.1 Å². The van der Waals surface area contributed by atoms with E-state index in [2.05, 4.69) is 50.4 Å². The standard InChI is InChI=1S/C14H23NO/c1-12(2)11-16-10-9-15-13(3)14-7-5-4-6-8-14/h4-8,12-13,15H,9-11H2,1-3H3/t13-/m1/s1. The molecule has 0 amide bonds. The molecule has 2 nitrogen and oxygen atoms in total. The summed E-state index contributed by atoms with van der Waals surface area (Å²) in [6.07, 6.45) is 0. The third-order valence-electron chi connectivity index (χ3n) is 2.45. The zero-order valence-electron chi connectivity index (χ0n) is 10.6. The summed E-state index contributed by atoms with van der Waals surface area (Å²) in [7, 11) is 0. The maximum absolute atomic E-state index is 5.52. The number of benzene rings is 1. The zero-order chi connectivity index (χ0) is 11.8. The van der Waals surface area contributed by atoms with Crippen molar-refractivity contribution in [2.24, 2.45) is 5.92 Å². The van der Waals surface area contributed by atoms with Gasteiger partial charge >= 0.3 is 0 Å². The lowest BCUT2D eigenvalue weighted by Gasteiger charge is -2.14. The number of ether oxygens (including phenoxy) is 1. The van der Waals surface area contributed by atoms with Crippen molar-refractivity contribution >= 4 is 0 Å². The summed E-state index contributed by atoms with van der Waals surface area (Å²) in [5.41, 5.74) is 1.33. The van der Waals surface area contributed by atoms with E-state index in [9.17, 15) is 0 Å². The van der Waals surface area contributed by atoms with Gasteiger partial charge in [-0.25, -0.2) is 0 Å². The van der Waals surface area contributed by atoms with E-state index in [1.165, 1.54) is 5.56 Å². The molecule has 0 unspecified atom stereocenters. The molecule has 0 saturated heterocycles. The molecule has 0 aliphatic rings. The third kappa shape index (κ3) is 5.29. The monoisotopic (exact) mass is 221 g/mol. The van der Waals surface area contributed by atoms with Gasteiger partial charge in [-0.2, -0.15) is 0 Å². The Labute approximate surface area is 99.0 Å². The lowest BCUT2D eigenvalue weighted by molar-refractivity contribution is 0.110. The normalized spacial score (nSPS) is 13.0. The van der Waals surface area contributed by atoms with Crippen LogP contribution in [0.2, 0.25) is 0 Å². The number of hydrogen-bond acceptors (Lipinski definition) is 2. The molecule has 1 atom stereocenters. The summed E-state index contributed by atoms with van der Waals surface area (Å²) in [6, 6.07) is 10.9. The second kappa shape index (κ2) is 7.42. The predicted molar refractivity (Wildman–Crippen MR) is 68.5 cm³/mol. The van der Waals surface area contributed by atoms with E-state index in [1.807, 2.05) is 6.07 Å². The second-order valence-electron chi connectivity index (χ2n) is 4.56. The molecule has 0 fully saturated rings. The van der Waals surface area contributed by atoms with Crippen LogP contribution in [0.3, 0.4) is 0 Å². The van der Waals surface area contributed by atoms with Crippen molar-refractivity contribution < 1.29 is 4.74 Å². The summed E-state index contributed by atoms with van der Waals surface area (Å²) in [5, 5.41) is 3.45. The van der Waals surface area contributed by atoms with Crippen molar-refractivity contribution in [3.63, 3.8) is 0 Å². The van der Waals surface area contributed by atoms with Gasteiger partial charge in [0.25, 0.3) is 0 Å². The average molecular weight is 221 g/mol. The van der Waals surface area contributed by atoms with E-state index >= 15 is 0 Å². The molecule has 0 aliphatic carbocycles. The van der Waals surface area contributed by atoms with E-state index in [0.717, 1.165) is 19.8 Å². The highest BCUT2D eigenvalue weighted by atomic mass is 16.5. The molecule has 0 aromatic heterocycles. The lowest BCUT2D eigenvalue weighted by atomic mass is 10.1. The van der Waals surface area contributed by atoms with E-state index in [1.54, 1.807) is 0 Å². The number of nitrogens with one attached hydrogen (secondary N) is 1. The first-order valence-corrected chi connectivity index (χ1v) is 6.06. The lowest BCUT2D eigenvalue weighted by Crippen LogP contribution is -2.23. The van der Waals surface area contributed by atoms with Crippen molar-refractivity contribution in [2.75, 3.05) is 19.8 Å². The summed E-state index contributed by atoms with van der Waals surface area (Å²) in [5.74, 6) is 0.617. The zero-order valence-corrected chi connectivity index (χ0v) is 10.6. The van der Waals surface area contributed by atoms with E-state index in [0.29, 0.717) is 12.0 Å². The Kier molecular flexibility index (Phi) is 6.12.